The van der Waals surface area contributed by atoms with E-state index in [0.29, 0.717) is 0 Å². The molecule has 0 radical (unpaired) electrons. The number of hydrogen-bond acceptors (Lipinski definition) is 6. The summed E-state index contributed by atoms with van der Waals surface area (Å²) < 4.78 is 9.99. The van der Waals surface area contributed by atoms with E-state index in [2.05, 4.69) is 0 Å². The average Bonchev–Trinajstić information content (AvgIpc) is 2.69. The van der Waals surface area contributed by atoms with Crippen LogP contribution in [0.2, 0.25) is 0 Å². The highest BCUT2D eigenvalue weighted by Crippen LogP contribution is 2.19. The fourth-order valence-electron chi connectivity index (χ4n) is 3.05. The molecule has 9 heteroatoms. The molecule has 1 N–H and O–H groups in total. The van der Waals surface area contributed by atoms with Gasteiger partial charge in [0.15, 0.2) is 0 Å². The maximum atomic E-state index is 12.7. The Kier molecular flexibility index (Phi) is 7.36. The molecule has 152 valence electrons. The van der Waals surface area contributed by atoms with E-state index in [0.717, 1.165) is 5.56 Å². The van der Waals surface area contributed by atoms with Gasteiger partial charge in [-0.05, 0) is 18.9 Å². The van der Waals surface area contributed by atoms with Crippen molar-refractivity contribution in [1.29, 1.82) is 0 Å². The summed E-state index contributed by atoms with van der Waals surface area (Å²) in [6.07, 6.45) is -0.954. The molecule has 2 rings (SSSR count). The van der Waals surface area contributed by atoms with Crippen LogP contribution in [-0.4, -0.2) is 71.1 Å². The summed E-state index contributed by atoms with van der Waals surface area (Å²) >= 11 is 0. The first-order valence-corrected chi connectivity index (χ1v) is 8.92. The first-order valence-electron chi connectivity index (χ1n) is 8.92. The molecule has 0 saturated carbocycles. The highest BCUT2D eigenvalue weighted by Gasteiger charge is 2.40. The van der Waals surface area contributed by atoms with Gasteiger partial charge in [0, 0.05) is 19.5 Å². The van der Waals surface area contributed by atoms with Crippen LogP contribution in [0, 0.1) is 0 Å². The molecule has 0 bridgehead atoms. The molecule has 28 heavy (non-hydrogen) atoms. The zero-order valence-corrected chi connectivity index (χ0v) is 15.9. The molecule has 0 aliphatic carbocycles. The van der Waals surface area contributed by atoms with Crippen molar-refractivity contribution in [3.05, 3.63) is 35.9 Å². The van der Waals surface area contributed by atoms with Crippen molar-refractivity contribution in [3.8, 4) is 0 Å². The summed E-state index contributed by atoms with van der Waals surface area (Å²) in [6, 6.07) is 7.32. The van der Waals surface area contributed by atoms with Gasteiger partial charge < -0.3 is 19.5 Å². The van der Waals surface area contributed by atoms with Gasteiger partial charge in [0.1, 0.15) is 18.7 Å². The monoisotopic (exact) mass is 392 g/mol. The van der Waals surface area contributed by atoms with Gasteiger partial charge in [-0.15, -0.1) is 0 Å². The minimum atomic E-state index is -1.07. The molecule has 2 atom stereocenters. The number of ether oxygens (including phenoxy) is 2. The van der Waals surface area contributed by atoms with Crippen molar-refractivity contribution in [2.75, 3.05) is 20.2 Å². The number of methoxy groups -OCH3 is 1. The number of carbonyl (C=O) groups excluding carboxylic acids is 3. The normalized spacial score (nSPS) is 17.8. The smallest absolute Gasteiger partial charge is 0.410 e. The van der Waals surface area contributed by atoms with Crippen LogP contribution in [0.5, 0.6) is 0 Å². The Hall–Kier alpha value is -3.10. The Labute approximate surface area is 162 Å². The molecule has 1 aromatic carbocycles. The molecule has 2 amide bonds. The summed E-state index contributed by atoms with van der Waals surface area (Å²) in [6.45, 7) is 1.89. The lowest BCUT2D eigenvalue weighted by Gasteiger charge is -2.41. The highest BCUT2D eigenvalue weighted by atomic mass is 16.6. The van der Waals surface area contributed by atoms with Crippen LogP contribution >= 0.6 is 0 Å². The summed E-state index contributed by atoms with van der Waals surface area (Å²) in [5.41, 5.74) is 0.827. The predicted octanol–water partition coefficient (Wildman–Crippen LogP) is 1.26. The number of benzene rings is 1. The third-order valence-corrected chi connectivity index (χ3v) is 4.61. The van der Waals surface area contributed by atoms with Gasteiger partial charge in [-0.25, -0.2) is 9.59 Å². The Morgan fingerprint density at radius 1 is 1.21 bits per heavy atom. The maximum absolute atomic E-state index is 12.7. The van der Waals surface area contributed by atoms with Gasteiger partial charge in [-0.3, -0.25) is 14.5 Å². The molecule has 1 saturated heterocycles. The molecule has 0 unspecified atom stereocenters. The van der Waals surface area contributed by atoms with Gasteiger partial charge in [0.25, 0.3) is 0 Å². The van der Waals surface area contributed by atoms with Gasteiger partial charge in [-0.1, -0.05) is 30.3 Å². The van der Waals surface area contributed by atoms with E-state index in [1.165, 1.54) is 16.9 Å². The molecule has 1 aromatic rings. The lowest BCUT2D eigenvalue weighted by atomic mass is 10.1. The lowest BCUT2D eigenvalue weighted by Crippen LogP contribution is -2.61. The lowest BCUT2D eigenvalue weighted by molar-refractivity contribution is -0.158. The van der Waals surface area contributed by atoms with E-state index in [4.69, 9.17) is 14.6 Å². The Bertz CT molecular complexity index is 722. The van der Waals surface area contributed by atoms with Crippen LogP contribution in [0.25, 0.3) is 0 Å². The summed E-state index contributed by atoms with van der Waals surface area (Å²) in [4.78, 5) is 50.6. The van der Waals surface area contributed by atoms with E-state index in [-0.39, 0.29) is 32.5 Å². The third-order valence-electron chi connectivity index (χ3n) is 4.61. The molecule has 0 spiro atoms. The van der Waals surface area contributed by atoms with E-state index in [1.54, 1.807) is 6.92 Å². The van der Waals surface area contributed by atoms with E-state index < -0.39 is 36.0 Å². The van der Waals surface area contributed by atoms with Crippen LogP contribution in [0.15, 0.2) is 30.3 Å². The molecule has 0 aromatic heterocycles. The van der Waals surface area contributed by atoms with E-state index in [1.807, 2.05) is 30.3 Å². The second-order valence-corrected chi connectivity index (χ2v) is 6.41. The first-order chi connectivity index (χ1) is 13.3. The number of piperazine rings is 1. The van der Waals surface area contributed by atoms with Crippen molar-refractivity contribution < 1.29 is 33.8 Å². The van der Waals surface area contributed by atoms with Crippen LogP contribution in [0.1, 0.15) is 25.3 Å². The number of aliphatic carboxylic acids is 1. The first kappa shape index (κ1) is 21.2. The largest absolute Gasteiger partial charge is 0.481 e. The summed E-state index contributed by atoms with van der Waals surface area (Å²) in [5, 5.41) is 8.88. The maximum Gasteiger partial charge on any atom is 0.410 e. The number of amides is 2. The fourth-order valence-corrected chi connectivity index (χ4v) is 3.05. The van der Waals surface area contributed by atoms with Gasteiger partial charge in [0.05, 0.1) is 7.11 Å². The summed E-state index contributed by atoms with van der Waals surface area (Å²) in [5.74, 6) is -2.21. The minimum absolute atomic E-state index is 0.0566. The fraction of sp³-hybridized carbons (Fsp3) is 0.474. The molecule has 1 aliphatic rings. The third kappa shape index (κ3) is 5.21. The Morgan fingerprint density at radius 2 is 1.89 bits per heavy atom. The SMILES string of the molecule is COC(=O)[C@H](CCC(=O)O)N1CCN(C(=O)OCc2ccccc2)[C@@H](C)C1=O. The molecule has 1 aliphatic heterocycles. The standard InChI is InChI=1S/C19H24N2O7/c1-13-17(24)21(15(18(25)27-2)8-9-16(22)23)11-10-20(13)19(26)28-12-14-6-4-3-5-7-14/h3-7,13,15H,8-12H2,1-2H3,(H,22,23)/t13-,15-/m0/s1. The van der Waals surface area contributed by atoms with Gasteiger partial charge >= 0.3 is 18.0 Å². The minimum Gasteiger partial charge on any atom is -0.481 e. The van der Waals surface area contributed by atoms with Crippen LogP contribution < -0.4 is 0 Å². The molecular weight excluding hydrogens is 368 g/mol. The van der Waals surface area contributed by atoms with Gasteiger partial charge in [-0.2, -0.15) is 0 Å². The number of carboxylic acids is 1. The van der Waals surface area contributed by atoms with Crippen molar-refractivity contribution >= 4 is 23.9 Å². The molecular formula is C19H24N2O7. The number of esters is 1. The summed E-state index contributed by atoms with van der Waals surface area (Å²) in [7, 11) is 1.18. The van der Waals surface area contributed by atoms with E-state index >= 15 is 0 Å². The van der Waals surface area contributed by atoms with Crippen LogP contribution in [-0.2, 0) is 30.5 Å². The Balaban J connectivity index is 2.01. The number of carbonyl (C=O) groups is 4. The highest BCUT2D eigenvalue weighted by molar-refractivity contribution is 5.90. The second-order valence-electron chi connectivity index (χ2n) is 6.41. The van der Waals surface area contributed by atoms with Crippen molar-refractivity contribution in [3.63, 3.8) is 0 Å². The average molecular weight is 392 g/mol. The number of nitrogens with zero attached hydrogens (tertiary/aromatic N) is 2. The second kappa shape index (κ2) is 9.72. The van der Waals surface area contributed by atoms with Gasteiger partial charge in [0.2, 0.25) is 5.91 Å². The Morgan fingerprint density at radius 3 is 2.50 bits per heavy atom. The van der Waals surface area contributed by atoms with E-state index in [9.17, 15) is 19.2 Å². The zero-order chi connectivity index (χ0) is 20.7. The number of hydrogen-bond donors (Lipinski definition) is 1. The zero-order valence-electron chi connectivity index (χ0n) is 15.9. The number of rotatable bonds is 7. The predicted molar refractivity (Wildman–Crippen MR) is 97.2 cm³/mol. The molecule has 1 heterocycles. The molecule has 1 fully saturated rings. The quantitative estimate of drug-likeness (QED) is 0.695. The number of carboxylic acid groups (broad SMARTS) is 1. The van der Waals surface area contributed by atoms with Crippen molar-refractivity contribution in [1.82, 2.24) is 9.80 Å². The molecule has 9 nitrogen and oxygen atoms in total. The topological polar surface area (TPSA) is 113 Å². The van der Waals surface area contributed by atoms with Crippen LogP contribution in [0.4, 0.5) is 4.79 Å². The van der Waals surface area contributed by atoms with Crippen molar-refractivity contribution in [2.45, 2.75) is 38.5 Å². The van der Waals surface area contributed by atoms with Crippen molar-refractivity contribution in [2.24, 2.45) is 0 Å². The van der Waals surface area contributed by atoms with Crippen LogP contribution in [0.3, 0.4) is 0 Å².